The molecule has 0 aliphatic carbocycles. The number of amides is 2. The lowest BCUT2D eigenvalue weighted by Gasteiger charge is -2.02. The molecular formula is C3H6N4OS. The van der Waals surface area contributed by atoms with Crippen LogP contribution in [0.25, 0.3) is 0 Å². The highest BCUT2D eigenvalue weighted by atomic mass is 32.2. The average molecular weight is 146 g/mol. The third-order valence-electron chi connectivity index (χ3n) is 0.727. The van der Waals surface area contributed by atoms with Gasteiger partial charge >= 0.3 is 6.03 Å². The Morgan fingerprint density at radius 2 is 2.78 bits per heavy atom. The van der Waals surface area contributed by atoms with Gasteiger partial charge in [-0.1, -0.05) is 0 Å². The number of rotatable bonds is 1. The number of urea groups is 1. The average Bonchev–Trinajstić information content (AvgIpc) is 2.15. The molecule has 0 saturated carbocycles. The molecule has 1 unspecified atom stereocenters. The molecule has 0 aromatic heterocycles. The van der Waals surface area contributed by atoms with Crippen molar-refractivity contribution >= 4 is 24.2 Å². The molecule has 0 aromatic carbocycles. The number of carbonyl (C=O) groups is 1. The molecule has 0 fully saturated rings. The largest absolute Gasteiger partial charge is 0.352 e. The molecule has 0 bridgehead atoms. The Morgan fingerprint density at radius 1 is 2.00 bits per heavy atom. The molecule has 1 aliphatic rings. The third-order valence-corrected chi connectivity index (χ3v) is 1.43. The van der Waals surface area contributed by atoms with Crippen LogP contribution in [0.2, 0.25) is 0 Å². The van der Waals surface area contributed by atoms with Gasteiger partial charge in [0, 0.05) is 0 Å². The van der Waals surface area contributed by atoms with Gasteiger partial charge in [0.2, 0.25) is 0 Å². The fraction of sp³-hybridized carbons (Fsp3) is 0.333. The van der Waals surface area contributed by atoms with E-state index in [0.29, 0.717) is 0 Å². The monoisotopic (exact) mass is 146 g/mol. The van der Waals surface area contributed by atoms with E-state index in [1.165, 1.54) is 11.9 Å². The van der Waals surface area contributed by atoms with Crippen LogP contribution in [0.5, 0.6) is 0 Å². The Morgan fingerprint density at radius 3 is 3.22 bits per heavy atom. The highest BCUT2D eigenvalue weighted by Gasteiger charge is 2.10. The Labute approximate surface area is 56.2 Å². The topological polar surface area (TPSA) is 79.5 Å². The van der Waals surface area contributed by atoms with Crippen LogP contribution in [-0.2, 0) is 0 Å². The van der Waals surface area contributed by atoms with Crippen LogP contribution >= 0.6 is 11.9 Å². The van der Waals surface area contributed by atoms with Gasteiger partial charge in [0.05, 0.1) is 6.21 Å². The number of primary amides is 1. The predicted molar refractivity (Wildman–Crippen MR) is 35.7 cm³/mol. The highest BCUT2D eigenvalue weighted by molar-refractivity contribution is 7.98. The molecule has 1 atom stereocenters. The molecule has 9 heavy (non-hydrogen) atoms. The first-order valence-corrected chi connectivity index (χ1v) is 3.17. The van der Waals surface area contributed by atoms with E-state index in [4.69, 9.17) is 5.73 Å². The number of nitrogens with two attached hydrogens (primary N) is 1. The summed E-state index contributed by atoms with van der Waals surface area (Å²) in [4.78, 5) is 12.8. The fourth-order valence-electron chi connectivity index (χ4n) is 0.423. The first kappa shape index (κ1) is 6.21. The Hall–Kier alpha value is -0.910. The predicted octanol–water partition coefficient (Wildman–Crippen LogP) is -0.782. The van der Waals surface area contributed by atoms with Crippen LogP contribution < -0.4 is 15.9 Å². The van der Waals surface area contributed by atoms with Crippen molar-refractivity contribution in [2.24, 2.45) is 10.8 Å². The van der Waals surface area contributed by atoms with Crippen molar-refractivity contribution in [3.8, 4) is 0 Å². The zero-order chi connectivity index (χ0) is 6.69. The van der Waals surface area contributed by atoms with Gasteiger partial charge in [-0.15, -0.1) is 0 Å². The molecule has 0 saturated heterocycles. The van der Waals surface area contributed by atoms with E-state index in [2.05, 4.69) is 15.2 Å². The standard InChI is InChI=1S/C3H6N4OS/c4-3(8)6-2-1-5-7-9-2/h1-2,7H,(H3,4,6,8). The second kappa shape index (κ2) is 2.58. The SMILES string of the molecule is NC(=O)NC1C=NNS1. The summed E-state index contributed by atoms with van der Waals surface area (Å²) in [5.41, 5.74) is 4.82. The molecule has 0 aromatic rings. The quantitative estimate of drug-likeness (QED) is 0.424. The van der Waals surface area contributed by atoms with Crippen molar-refractivity contribution < 1.29 is 4.79 Å². The summed E-state index contributed by atoms with van der Waals surface area (Å²) in [6.07, 6.45) is 1.56. The highest BCUT2D eigenvalue weighted by Crippen LogP contribution is 2.04. The molecule has 4 N–H and O–H groups in total. The maximum Gasteiger partial charge on any atom is 0.313 e. The minimum absolute atomic E-state index is 0.123. The summed E-state index contributed by atoms with van der Waals surface area (Å²) < 4.78 is 0. The summed E-state index contributed by atoms with van der Waals surface area (Å²) >= 11 is 1.29. The number of hydrazone groups is 1. The van der Waals surface area contributed by atoms with Crippen LogP contribution in [-0.4, -0.2) is 17.6 Å². The van der Waals surface area contributed by atoms with Crippen LogP contribution in [0.1, 0.15) is 0 Å². The Kier molecular flexibility index (Phi) is 1.78. The second-order valence-corrected chi connectivity index (χ2v) is 2.34. The normalized spacial score (nSPS) is 23.3. The minimum Gasteiger partial charge on any atom is -0.352 e. The van der Waals surface area contributed by atoms with Gasteiger partial charge in [0.15, 0.2) is 0 Å². The van der Waals surface area contributed by atoms with Gasteiger partial charge in [0.1, 0.15) is 5.37 Å². The molecule has 1 heterocycles. The molecule has 5 nitrogen and oxygen atoms in total. The first-order valence-electron chi connectivity index (χ1n) is 2.29. The lowest BCUT2D eigenvalue weighted by atomic mass is 10.7. The summed E-state index contributed by atoms with van der Waals surface area (Å²) in [6, 6.07) is -0.539. The molecule has 6 heteroatoms. The maximum absolute atomic E-state index is 10.2. The van der Waals surface area contributed by atoms with E-state index in [1.807, 2.05) is 0 Å². The summed E-state index contributed by atoms with van der Waals surface area (Å²) in [5, 5.41) is 5.94. The van der Waals surface area contributed by atoms with E-state index in [0.717, 1.165) is 0 Å². The van der Waals surface area contributed by atoms with Gasteiger partial charge in [-0.25, -0.2) is 9.63 Å². The second-order valence-electron chi connectivity index (χ2n) is 1.42. The van der Waals surface area contributed by atoms with Gasteiger partial charge < -0.3 is 11.1 Å². The van der Waals surface area contributed by atoms with E-state index in [1.54, 1.807) is 6.21 Å². The summed E-state index contributed by atoms with van der Waals surface area (Å²) in [7, 11) is 0. The minimum atomic E-state index is -0.539. The lowest BCUT2D eigenvalue weighted by molar-refractivity contribution is 0.249. The van der Waals surface area contributed by atoms with E-state index in [9.17, 15) is 4.79 Å². The molecule has 1 rings (SSSR count). The number of nitrogens with one attached hydrogen (secondary N) is 2. The van der Waals surface area contributed by atoms with Crippen molar-refractivity contribution in [3.63, 3.8) is 0 Å². The van der Waals surface area contributed by atoms with Gasteiger partial charge in [-0.3, -0.25) is 0 Å². The van der Waals surface area contributed by atoms with Crippen molar-refractivity contribution in [2.45, 2.75) is 5.37 Å². The first-order chi connectivity index (χ1) is 4.29. The zero-order valence-corrected chi connectivity index (χ0v) is 5.31. The van der Waals surface area contributed by atoms with Crippen molar-refractivity contribution in [3.05, 3.63) is 0 Å². The van der Waals surface area contributed by atoms with Gasteiger partial charge in [0.25, 0.3) is 0 Å². The summed E-state index contributed by atoms with van der Waals surface area (Å²) in [5.74, 6) is 0. The molecular weight excluding hydrogens is 140 g/mol. The van der Waals surface area contributed by atoms with Crippen LogP contribution in [0.3, 0.4) is 0 Å². The van der Waals surface area contributed by atoms with Gasteiger partial charge in [-0.05, 0) is 11.9 Å². The maximum atomic E-state index is 10.2. The van der Waals surface area contributed by atoms with E-state index < -0.39 is 6.03 Å². The summed E-state index contributed by atoms with van der Waals surface area (Å²) in [6.45, 7) is 0. The molecule has 50 valence electrons. The number of nitrogens with zero attached hydrogens (tertiary/aromatic N) is 1. The van der Waals surface area contributed by atoms with Crippen molar-refractivity contribution in [1.29, 1.82) is 0 Å². The van der Waals surface area contributed by atoms with Crippen LogP contribution in [0.15, 0.2) is 5.10 Å². The Balaban J connectivity index is 2.28. The van der Waals surface area contributed by atoms with Crippen LogP contribution in [0.4, 0.5) is 4.79 Å². The molecule has 0 radical (unpaired) electrons. The smallest absolute Gasteiger partial charge is 0.313 e. The molecule has 1 aliphatic heterocycles. The number of hydrogen-bond acceptors (Lipinski definition) is 4. The number of carbonyl (C=O) groups excluding carboxylic acids is 1. The van der Waals surface area contributed by atoms with Crippen molar-refractivity contribution in [1.82, 2.24) is 10.1 Å². The van der Waals surface area contributed by atoms with E-state index >= 15 is 0 Å². The van der Waals surface area contributed by atoms with Crippen molar-refractivity contribution in [2.75, 3.05) is 0 Å². The lowest BCUT2D eigenvalue weighted by Crippen LogP contribution is -2.36. The number of hydrogen-bond donors (Lipinski definition) is 3. The zero-order valence-electron chi connectivity index (χ0n) is 4.50. The molecule has 0 spiro atoms. The van der Waals surface area contributed by atoms with E-state index in [-0.39, 0.29) is 5.37 Å². The third kappa shape index (κ3) is 1.80. The van der Waals surface area contributed by atoms with Crippen LogP contribution in [0, 0.1) is 0 Å². The fourth-order valence-corrected chi connectivity index (χ4v) is 0.955. The Bertz CT molecular complexity index is 147. The van der Waals surface area contributed by atoms with Gasteiger partial charge in [-0.2, -0.15) is 5.10 Å². The molecule has 2 amide bonds.